The molecule has 7 nitrogen and oxygen atoms in total. The van der Waals surface area contributed by atoms with Crippen LogP contribution >= 0.6 is 11.6 Å². The Labute approximate surface area is 158 Å². The Morgan fingerprint density at radius 1 is 1.27 bits per heavy atom. The number of aromatic nitrogens is 3. The molecule has 0 atom stereocenters. The maximum atomic E-state index is 9.25. The second-order valence-electron chi connectivity index (χ2n) is 7.14. The molecule has 1 aliphatic heterocycles. The van der Waals surface area contributed by atoms with E-state index in [-0.39, 0.29) is 12.1 Å². The summed E-state index contributed by atoms with van der Waals surface area (Å²) in [6, 6.07) is 1.91. The molecule has 0 aromatic carbocycles. The molecule has 1 aliphatic rings. The standard InChI is InChI=1S/C18H23ClN6O/c1-18(2,3)24-17-13-10-25(6-7-26)11-14(19)12(13)8-15(23-17)22-16-9-20-4-5-21-16/h4-5,8-9,11,26H,6-7,10H2,1-3H3,(H2,21,22,23,24). The Kier molecular flexibility index (Phi) is 5.29. The van der Waals surface area contributed by atoms with Crippen LogP contribution in [0, 0.1) is 0 Å². The monoisotopic (exact) mass is 374 g/mol. The van der Waals surface area contributed by atoms with Crippen molar-refractivity contribution < 1.29 is 5.11 Å². The zero-order chi connectivity index (χ0) is 18.7. The highest BCUT2D eigenvalue weighted by Crippen LogP contribution is 2.36. The molecule has 3 heterocycles. The van der Waals surface area contributed by atoms with E-state index in [0.717, 1.165) is 16.9 Å². The van der Waals surface area contributed by atoms with Gasteiger partial charge in [-0.05, 0) is 26.8 Å². The first-order chi connectivity index (χ1) is 12.4. The lowest BCUT2D eigenvalue weighted by Crippen LogP contribution is -2.30. The number of anilines is 3. The predicted octanol–water partition coefficient (Wildman–Crippen LogP) is 3.17. The van der Waals surface area contributed by atoms with E-state index in [4.69, 9.17) is 16.6 Å². The first-order valence-electron chi connectivity index (χ1n) is 8.43. The molecule has 0 saturated heterocycles. The van der Waals surface area contributed by atoms with E-state index in [2.05, 4.69) is 41.4 Å². The van der Waals surface area contributed by atoms with Crippen molar-refractivity contribution >= 4 is 34.1 Å². The van der Waals surface area contributed by atoms with Crippen LogP contribution in [0.25, 0.3) is 5.03 Å². The summed E-state index contributed by atoms with van der Waals surface area (Å²) >= 11 is 6.52. The van der Waals surface area contributed by atoms with E-state index in [1.54, 1.807) is 18.6 Å². The third-order valence-electron chi connectivity index (χ3n) is 3.74. The van der Waals surface area contributed by atoms with Gasteiger partial charge in [0.05, 0.1) is 17.8 Å². The maximum Gasteiger partial charge on any atom is 0.150 e. The number of pyridine rings is 1. The molecule has 26 heavy (non-hydrogen) atoms. The fourth-order valence-corrected chi connectivity index (χ4v) is 3.02. The second kappa shape index (κ2) is 7.47. The van der Waals surface area contributed by atoms with Gasteiger partial charge in [0.25, 0.3) is 0 Å². The van der Waals surface area contributed by atoms with Gasteiger partial charge in [-0.2, -0.15) is 0 Å². The van der Waals surface area contributed by atoms with Gasteiger partial charge >= 0.3 is 0 Å². The number of fused-ring (bicyclic) bond motifs is 1. The summed E-state index contributed by atoms with van der Waals surface area (Å²) in [6.07, 6.45) is 6.73. The topological polar surface area (TPSA) is 86.2 Å². The maximum absolute atomic E-state index is 9.25. The number of aliphatic hydroxyl groups is 1. The summed E-state index contributed by atoms with van der Waals surface area (Å²) in [4.78, 5) is 15.0. The molecular formula is C18H23ClN6O. The highest BCUT2D eigenvalue weighted by Gasteiger charge is 2.24. The van der Waals surface area contributed by atoms with Crippen LogP contribution in [0.5, 0.6) is 0 Å². The first-order valence-corrected chi connectivity index (χ1v) is 8.81. The molecule has 0 unspecified atom stereocenters. The minimum Gasteiger partial charge on any atom is -0.395 e. The smallest absolute Gasteiger partial charge is 0.150 e. The van der Waals surface area contributed by atoms with Gasteiger partial charge in [-0.15, -0.1) is 0 Å². The van der Waals surface area contributed by atoms with E-state index in [1.165, 1.54) is 0 Å². The number of aliphatic hydroxyl groups excluding tert-OH is 1. The molecule has 0 amide bonds. The summed E-state index contributed by atoms with van der Waals surface area (Å²) in [5.41, 5.74) is 1.75. The van der Waals surface area contributed by atoms with Crippen molar-refractivity contribution in [1.82, 2.24) is 19.9 Å². The van der Waals surface area contributed by atoms with Crippen LogP contribution in [0.1, 0.15) is 31.9 Å². The van der Waals surface area contributed by atoms with Crippen molar-refractivity contribution in [3.8, 4) is 0 Å². The largest absolute Gasteiger partial charge is 0.395 e. The van der Waals surface area contributed by atoms with Crippen molar-refractivity contribution in [2.24, 2.45) is 0 Å². The number of rotatable bonds is 5. The van der Waals surface area contributed by atoms with Crippen molar-refractivity contribution in [2.75, 3.05) is 23.8 Å². The average molecular weight is 375 g/mol. The average Bonchev–Trinajstić information content (AvgIpc) is 2.56. The summed E-state index contributed by atoms with van der Waals surface area (Å²) in [5.74, 6) is 2.01. The van der Waals surface area contributed by atoms with Crippen molar-refractivity contribution in [2.45, 2.75) is 32.9 Å². The van der Waals surface area contributed by atoms with Gasteiger partial charge in [-0.1, -0.05) is 11.6 Å². The molecule has 2 aromatic rings. The van der Waals surface area contributed by atoms with Crippen molar-refractivity contribution in [3.05, 3.63) is 42.0 Å². The fourth-order valence-electron chi connectivity index (χ4n) is 2.71. The van der Waals surface area contributed by atoms with E-state index in [1.807, 2.05) is 17.2 Å². The lowest BCUT2D eigenvalue weighted by atomic mass is 10.0. The summed E-state index contributed by atoms with van der Waals surface area (Å²) in [6.45, 7) is 7.45. The molecule has 0 fully saturated rings. The number of halogens is 1. The number of hydrogen-bond acceptors (Lipinski definition) is 7. The highest BCUT2D eigenvalue weighted by atomic mass is 35.5. The number of hydrogen-bond donors (Lipinski definition) is 3. The summed E-state index contributed by atoms with van der Waals surface area (Å²) in [7, 11) is 0. The van der Waals surface area contributed by atoms with Crippen LogP contribution in [0.15, 0.2) is 30.9 Å². The normalized spacial score (nSPS) is 13.9. The lowest BCUT2D eigenvalue weighted by Gasteiger charge is -2.31. The summed E-state index contributed by atoms with van der Waals surface area (Å²) < 4.78 is 0. The third kappa shape index (κ3) is 4.42. The Morgan fingerprint density at radius 3 is 2.73 bits per heavy atom. The molecule has 0 aliphatic carbocycles. The fraction of sp³-hybridized carbons (Fsp3) is 0.389. The Morgan fingerprint density at radius 2 is 2.08 bits per heavy atom. The minimum atomic E-state index is -0.165. The lowest BCUT2D eigenvalue weighted by molar-refractivity contribution is 0.232. The number of nitrogens with one attached hydrogen (secondary N) is 2. The van der Waals surface area contributed by atoms with E-state index in [0.29, 0.717) is 29.8 Å². The third-order valence-corrected chi connectivity index (χ3v) is 4.04. The van der Waals surface area contributed by atoms with Crippen LogP contribution in [-0.4, -0.2) is 43.6 Å². The molecule has 138 valence electrons. The van der Waals surface area contributed by atoms with Gasteiger partial charge in [0.15, 0.2) is 0 Å². The van der Waals surface area contributed by atoms with Gasteiger partial charge in [-0.25, -0.2) is 9.97 Å². The van der Waals surface area contributed by atoms with E-state index < -0.39 is 0 Å². The van der Waals surface area contributed by atoms with Crippen LogP contribution in [0.2, 0.25) is 0 Å². The Hall–Kier alpha value is -2.38. The van der Waals surface area contributed by atoms with Crippen LogP contribution in [0.4, 0.5) is 17.5 Å². The van der Waals surface area contributed by atoms with Crippen LogP contribution in [0.3, 0.4) is 0 Å². The van der Waals surface area contributed by atoms with Crippen molar-refractivity contribution in [3.63, 3.8) is 0 Å². The predicted molar refractivity (Wildman–Crippen MR) is 104 cm³/mol. The zero-order valence-corrected chi connectivity index (χ0v) is 15.9. The zero-order valence-electron chi connectivity index (χ0n) is 15.1. The number of nitrogens with zero attached hydrogens (tertiary/aromatic N) is 4. The Balaban J connectivity index is 2.02. The van der Waals surface area contributed by atoms with E-state index >= 15 is 0 Å². The van der Waals surface area contributed by atoms with Crippen LogP contribution in [-0.2, 0) is 6.54 Å². The first kappa shape index (κ1) is 18.4. The van der Waals surface area contributed by atoms with Gasteiger partial charge in [0, 0.05) is 48.3 Å². The van der Waals surface area contributed by atoms with E-state index in [9.17, 15) is 5.11 Å². The molecule has 8 heteroatoms. The van der Waals surface area contributed by atoms with Gasteiger partial charge in [-0.3, -0.25) is 4.98 Å². The van der Waals surface area contributed by atoms with Crippen LogP contribution < -0.4 is 10.6 Å². The van der Waals surface area contributed by atoms with Crippen molar-refractivity contribution in [1.29, 1.82) is 0 Å². The molecule has 3 N–H and O–H groups in total. The quantitative estimate of drug-likeness (QED) is 0.740. The van der Waals surface area contributed by atoms with Gasteiger partial charge in [0.2, 0.25) is 0 Å². The minimum absolute atomic E-state index is 0.0672. The molecule has 0 radical (unpaired) electrons. The number of β-amino-alcohol motifs (C(OH)–C–C–N with tert-alkyl or cyclic N) is 1. The van der Waals surface area contributed by atoms with Gasteiger partial charge < -0.3 is 20.6 Å². The molecule has 0 saturated carbocycles. The SMILES string of the molecule is CC(C)(C)Nc1nc(Nc2cnccn2)cc2c1CN(CCO)C=C2Cl. The summed E-state index contributed by atoms with van der Waals surface area (Å²) in [5, 5.41) is 16.5. The Bertz CT molecular complexity index is 803. The molecule has 0 spiro atoms. The second-order valence-corrected chi connectivity index (χ2v) is 7.55. The van der Waals surface area contributed by atoms with Gasteiger partial charge in [0.1, 0.15) is 17.5 Å². The molecule has 2 aromatic heterocycles. The molecule has 0 bridgehead atoms. The highest BCUT2D eigenvalue weighted by molar-refractivity contribution is 6.49. The molecule has 3 rings (SSSR count). The molecular weight excluding hydrogens is 352 g/mol.